The van der Waals surface area contributed by atoms with Crippen molar-refractivity contribution in [3.05, 3.63) is 42.5 Å². The number of hydrogen-bond donors (Lipinski definition) is 1. The van der Waals surface area contributed by atoms with Gasteiger partial charge in [0.1, 0.15) is 12.7 Å². The Bertz CT molecular complexity index is 525. The van der Waals surface area contributed by atoms with Crippen molar-refractivity contribution in [2.24, 2.45) is 0 Å². The average molecular weight is 337 g/mol. The molecular formula is C14H17BrN4O. The van der Waals surface area contributed by atoms with E-state index in [2.05, 4.69) is 31.3 Å². The first-order chi connectivity index (χ1) is 9.78. The summed E-state index contributed by atoms with van der Waals surface area (Å²) in [4.78, 5) is 15.6. The van der Waals surface area contributed by atoms with Gasteiger partial charge in [-0.3, -0.25) is 4.79 Å². The lowest BCUT2D eigenvalue weighted by Crippen LogP contribution is -2.11. The topological polar surface area (TPSA) is 59.8 Å². The third kappa shape index (κ3) is 4.77. The third-order valence-electron chi connectivity index (χ3n) is 2.84. The number of unbranched alkanes of at least 4 members (excludes halogenated alkanes) is 1. The largest absolute Gasteiger partial charge is 0.326 e. The Morgan fingerprint density at radius 1 is 1.25 bits per heavy atom. The lowest BCUT2D eigenvalue weighted by Gasteiger charge is -2.06. The second kappa shape index (κ2) is 7.79. The quantitative estimate of drug-likeness (QED) is 0.624. The molecule has 0 fully saturated rings. The minimum Gasteiger partial charge on any atom is -0.326 e. The molecule has 0 atom stereocenters. The Hall–Kier alpha value is -1.69. The van der Waals surface area contributed by atoms with Gasteiger partial charge in [0.15, 0.2) is 0 Å². The molecule has 1 heterocycles. The van der Waals surface area contributed by atoms with Gasteiger partial charge in [-0.05, 0) is 30.5 Å². The second-order valence-electron chi connectivity index (χ2n) is 4.48. The molecule has 0 aliphatic rings. The maximum atomic E-state index is 11.7. The summed E-state index contributed by atoms with van der Waals surface area (Å²) in [6, 6.07) is 7.79. The molecule has 5 nitrogen and oxygen atoms in total. The zero-order chi connectivity index (χ0) is 14.2. The van der Waals surface area contributed by atoms with Crippen LogP contribution < -0.4 is 5.32 Å². The number of carbonyl (C=O) groups excluding carboxylic acids is 1. The molecule has 0 bridgehead atoms. The van der Waals surface area contributed by atoms with Gasteiger partial charge in [0.2, 0.25) is 5.91 Å². The zero-order valence-electron chi connectivity index (χ0n) is 11.1. The molecular weight excluding hydrogens is 320 g/mol. The van der Waals surface area contributed by atoms with Gasteiger partial charge in [-0.15, -0.1) is 0 Å². The molecule has 2 rings (SSSR count). The van der Waals surface area contributed by atoms with Crippen molar-refractivity contribution in [2.45, 2.75) is 25.8 Å². The number of hydrogen-bond acceptors (Lipinski definition) is 3. The lowest BCUT2D eigenvalue weighted by atomic mass is 10.2. The molecule has 106 valence electrons. The highest BCUT2D eigenvalue weighted by Gasteiger charge is 2.02. The summed E-state index contributed by atoms with van der Waals surface area (Å²) in [7, 11) is 0. The number of amides is 1. The van der Waals surface area contributed by atoms with Gasteiger partial charge in [0, 0.05) is 17.4 Å². The molecule has 2 aromatic rings. The number of aromatic nitrogens is 3. The first kappa shape index (κ1) is 14.7. The molecule has 0 spiro atoms. The molecule has 0 saturated heterocycles. The molecule has 0 radical (unpaired) electrons. The number of anilines is 1. The Morgan fingerprint density at radius 3 is 2.70 bits per heavy atom. The minimum absolute atomic E-state index is 0.0648. The molecule has 0 aliphatic carbocycles. The van der Waals surface area contributed by atoms with E-state index >= 15 is 0 Å². The Kier molecular flexibility index (Phi) is 5.73. The number of nitrogens with zero attached hydrogens (tertiary/aromatic N) is 3. The summed E-state index contributed by atoms with van der Waals surface area (Å²) in [6.07, 6.45) is 5.68. The van der Waals surface area contributed by atoms with Gasteiger partial charge in [-0.25, -0.2) is 9.67 Å². The fourth-order valence-electron chi connectivity index (χ4n) is 1.80. The fraction of sp³-hybridized carbons (Fsp3) is 0.357. The summed E-state index contributed by atoms with van der Waals surface area (Å²) >= 11 is 3.36. The highest BCUT2D eigenvalue weighted by atomic mass is 79.9. The minimum atomic E-state index is 0.0648. The van der Waals surface area contributed by atoms with Gasteiger partial charge in [-0.1, -0.05) is 28.1 Å². The summed E-state index contributed by atoms with van der Waals surface area (Å²) in [5, 5.41) is 7.90. The van der Waals surface area contributed by atoms with Gasteiger partial charge in [0.05, 0.1) is 6.54 Å². The number of benzene rings is 1. The van der Waals surface area contributed by atoms with Crippen LogP contribution in [0.15, 0.2) is 36.9 Å². The van der Waals surface area contributed by atoms with Crippen LogP contribution in [0.2, 0.25) is 0 Å². The first-order valence-electron chi connectivity index (χ1n) is 6.55. The van der Waals surface area contributed by atoms with Crippen LogP contribution in [0.4, 0.5) is 5.69 Å². The normalized spacial score (nSPS) is 10.4. The van der Waals surface area contributed by atoms with Crippen molar-refractivity contribution >= 4 is 27.5 Å². The standard InChI is InChI=1S/C14H17BrN4O/c15-8-2-1-3-14(20)18-13-6-4-12(5-7-13)9-19-11-16-10-17-19/h4-7,10-11H,1-3,8-9H2,(H,18,20). The summed E-state index contributed by atoms with van der Waals surface area (Å²) in [5.41, 5.74) is 1.95. The van der Waals surface area contributed by atoms with Crippen LogP contribution in [0.25, 0.3) is 0 Å². The van der Waals surface area contributed by atoms with Crippen LogP contribution in [0.5, 0.6) is 0 Å². The molecule has 1 aromatic heterocycles. The van der Waals surface area contributed by atoms with Gasteiger partial charge in [0.25, 0.3) is 0 Å². The molecule has 1 aromatic carbocycles. The van der Waals surface area contributed by atoms with E-state index in [-0.39, 0.29) is 5.91 Å². The summed E-state index contributed by atoms with van der Waals surface area (Å²) in [6.45, 7) is 0.680. The van der Waals surface area contributed by atoms with E-state index in [1.165, 1.54) is 6.33 Å². The van der Waals surface area contributed by atoms with Crippen molar-refractivity contribution < 1.29 is 4.79 Å². The molecule has 1 N–H and O–H groups in total. The Labute approximate surface area is 126 Å². The van der Waals surface area contributed by atoms with E-state index in [1.54, 1.807) is 11.0 Å². The van der Waals surface area contributed by atoms with Crippen molar-refractivity contribution in [3.63, 3.8) is 0 Å². The van der Waals surface area contributed by atoms with Gasteiger partial charge in [-0.2, -0.15) is 5.10 Å². The zero-order valence-corrected chi connectivity index (χ0v) is 12.7. The van der Waals surface area contributed by atoms with Gasteiger partial charge < -0.3 is 5.32 Å². The SMILES string of the molecule is O=C(CCCCBr)Nc1ccc(Cn2cncn2)cc1. The average Bonchev–Trinajstić information content (AvgIpc) is 2.94. The number of rotatable bonds is 7. The Morgan fingerprint density at radius 2 is 2.05 bits per heavy atom. The summed E-state index contributed by atoms with van der Waals surface area (Å²) < 4.78 is 1.76. The predicted octanol–water partition coefficient (Wildman–Crippen LogP) is 2.83. The van der Waals surface area contributed by atoms with Crippen LogP contribution in [0.3, 0.4) is 0 Å². The van der Waals surface area contributed by atoms with Crippen LogP contribution >= 0.6 is 15.9 Å². The maximum Gasteiger partial charge on any atom is 0.224 e. The molecule has 0 unspecified atom stereocenters. The third-order valence-corrected chi connectivity index (χ3v) is 3.40. The number of alkyl halides is 1. The number of halogens is 1. The molecule has 1 amide bonds. The van der Waals surface area contributed by atoms with E-state index < -0.39 is 0 Å². The van der Waals surface area contributed by atoms with E-state index in [0.29, 0.717) is 13.0 Å². The number of nitrogens with one attached hydrogen (secondary N) is 1. The summed E-state index contributed by atoms with van der Waals surface area (Å²) in [5.74, 6) is 0.0648. The number of carbonyl (C=O) groups is 1. The van der Waals surface area contributed by atoms with Crippen LogP contribution in [-0.4, -0.2) is 26.0 Å². The smallest absolute Gasteiger partial charge is 0.224 e. The Balaban J connectivity index is 1.83. The van der Waals surface area contributed by atoms with Crippen molar-refractivity contribution in [3.8, 4) is 0 Å². The predicted molar refractivity (Wildman–Crippen MR) is 81.8 cm³/mol. The van der Waals surface area contributed by atoms with E-state index in [0.717, 1.165) is 29.4 Å². The highest BCUT2D eigenvalue weighted by Crippen LogP contribution is 2.11. The molecule has 0 saturated carbocycles. The second-order valence-corrected chi connectivity index (χ2v) is 5.28. The van der Waals surface area contributed by atoms with E-state index in [9.17, 15) is 4.79 Å². The van der Waals surface area contributed by atoms with Crippen molar-refractivity contribution in [1.82, 2.24) is 14.8 Å². The van der Waals surface area contributed by atoms with E-state index in [4.69, 9.17) is 0 Å². The van der Waals surface area contributed by atoms with Crippen molar-refractivity contribution in [2.75, 3.05) is 10.6 Å². The van der Waals surface area contributed by atoms with Crippen LogP contribution in [0.1, 0.15) is 24.8 Å². The molecule has 0 aliphatic heterocycles. The van der Waals surface area contributed by atoms with Gasteiger partial charge >= 0.3 is 0 Å². The maximum absolute atomic E-state index is 11.7. The molecule has 6 heteroatoms. The first-order valence-corrected chi connectivity index (χ1v) is 7.67. The van der Waals surface area contributed by atoms with Crippen LogP contribution in [0, 0.1) is 0 Å². The fourth-order valence-corrected chi connectivity index (χ4v) is 2.19. The monoisotopic (exact) mass is 336 g/mol. The van der Waals surface area contributed by atoms with Crippen molar-refractivity contribution in [1.29, 1.82) is 0 Å². The molecule has 20 heavy (non-hydrogen) atoms. The highest BCUT2D eigenvalue weighted by molar-refractivity contribution is 9.09. The van der Waals surface area contributed by atoms with E-state index in [1.807, 2.05) is 24.3 Å². The lowest BCUT2D eigenvalue weighted by molar-refractivity contribution is -0.116. The van der Waals surface area contributed by atoms with Crippen LogP contribution in [-0.2, 0) is 11.3 Å².